The van der Waals surface area contributed by atoms with Crippen molar-refractivity contribution in [2.75, 3.05) is 9.80 Å². The van der Waals surface area contributed by atoms with Crippen molar-refractivity contribution in [1.82, 2.24) is 0 Å². The van der Waals surface area contributed by atoms with Gasteiger partial charge in [0.25, 0.3) is 0 Å². The van der Waals surface area contributed by atoms with E-state index in [0.717, 1.165) is 88.8 Å². The first kappa shape index (κ1) is 51.7. The molecule has 4 heteroatoms. The standard InChI is InChI=1S/C86H58N2O2/c1-85(77-31-13-9-27-69(77)70-28-10-14-32-78(70)85)61-23-17-25-65(51-61)87(63-39-35-57(36-40-63)55-19-5-3-6-20-55)67-43-45-73-75-47-59-48-76-74-46-44-68(54-84(74)90-82(76)50-60(59)49-81(75)89-83(73)53-67)88(64-41-37-58(38-42-64)56-21-7-4-8-22-56)66-26-18-24-62(52-66)86(2)79-33-15-11-29-71(79)72-30-12-16-34-80(72)86/h3-54H,1-2H3. The Morgan fingerprint density at radius 2 is 0.544 bits per heavy atom. The monoisotopic (exact) mass is 1150 g/mol. The van der Waals surface area contributed by atoms with Crippen LogP contribution in [0.5, 0.6) is 0 Å². The van der Waals surface area contributed by atoms with E-state index in [0.29, 0.717) is 0 Å². The van der Waals surface area contributed by atoms with Gasteiger partial charge in [-0.25, -0.2) is 0 Å². The van der Waals surface area contributed by atoms with E-state index in [1.807, 2.05) is 0 Å². The SMILES string of the molecule is CC1(c2cccc(N(c3ccc(-c4ccccc4)cc3)c3ccc4c(c3)oc3cc5cc6oc7cc(N(c8ccc(-c9ccccc9)cc8)c8cccc(C9(C)c%10ccccc%10-c%10ccccc%109)c8)ccc7c6cc5cc34)c2)c2ccccc2-c2ccccc21. The molecule has 16 aromatic rings. The van der Waals surface area contributed by atoms with Crippen molar-refractivity contribution in [2.24, 2.45) is 0 Å². The molecule has 2 heterocycles. The molecule has 0 fully saturated rings. The van der Waals surface area contributed by atoms with Crippen LogP contribution in [0.3, 0.4) is 0 Å². The van der Waals surface area contributed by atoms with Crippen molar-refractivity contribution in [3.05, 3.63) is 349 Å². The summed E-state index contributed by atoms with van der Waals surface area (Å²) < 4.78 is 13.9. The highest BCUT2D eigenvalue weighted by Gasteiger charge is 2.42. The molecule has 0 radical (unpaired) electrons. The molecule has 0 unspecified atom stereocenters. The minimum Gasteiger partial charge on any atom is -0.456 e. The van der Waals surface area contributed by atoms with Crippen LogP contribution < -0.4 is 9.80 Å². The normalized spacial score (nSPS) is 13.4. The molecular weight excluding hydrogens is 1090 g/mol. The van der Waals surface area contributed by atoms with Crippen molar-refractivity contribution in [2.45, 2.75) is 24.7 Å². The number of hydrogen-bond acceptors (Lipinski definition) is 4. The van der Waals surface area contributed by atoms with Crippen LogP contribution in [0.15, 0.2) is 324 Å². The van der Waals surface area contributed by atoms with E-state index in [-0.39, 0.29) is 10.8 Å². The Morgan fingerprint density at radius 3 is 0.933 bits per heavy atom. The predicted octanol–water partition coefficient (Wildman–Crippen LogP) is 23.6. The van der Waals surface area contributed by atoms with Crippen molar-refractivity contribution in [3.8, 4) is 44.5 Å². The maximum atomic E-state index is 6.95. The maximum Gasteiger partial charge on any atom is 0.137 e. The third-order valence-corrected chi connectivity index (χ3v) is 19.8. The summed E-state index contributed by atoms with van der Waals surface area (Å²) >= 11 is 0. The first-order chi connectivity index (χ1) is 44.3. The zero-order valence-corrected chi connectivity index (χ0v) is 49.7. The minimum absolute atomic E-state index is 0.352. The van der Waals surface area contributed by atoms with E-state index in [2.05, 4.69) is 339 Å². The molecule has 4 nitrogen and oxygen atoms in total. The summed E-state index contributed by atoms with van der Waals surface area (Å²) in [7, 11) is 0. The largest absolute Gasteiger partial charge is 0.456 e. The third kappa shape index (κ3) is 7.94. The quantitative estimate of drug-likeness (QED) is 0.137. The maximum absolute atomic E-state index is 6.95. The highest BCUT2D eigenvalue weighted by molar-refractivity contribution is 6.16. The summed E-state index contributed by atoms with van der Waals surface area (Å²) in [5, 5.41) is 6.44. The van der Waals surface area contributed by atoms with Gasteiger partial charge in [-0.1, -0.05) is 206 Å². The van der Waals surface area contributed by atoms with Crippen LogP contribution in [0, 0.1) is 0 Å². The highest BCUT2D eigenvalue weighted by Crippen LogP contribution is 2.55. The summed E-state index contributed by atoms with van der Waals surface area (Å²) in [5.41, 5.74) is 26.5. The fourth-order valence-corrected chi connectivity index (χ4v) is 15.3. The average Bonchev–Trinajstić information content (AvgIpc) is 1.58. The Balaban J connectivity index is 0.728. The molecule has 0 bridgehead atoms. The zero-order valence-electron chi connectivity index (χ0n) is 49.7. The Morgan fingerprint density at radius 1 is 0.233 bits per heavy atom. The number of rotatable bonds is 10. The van der Waals surface area contributed by atoms with E-state index in [1.54, 1.807) is 0 Å². The van der Waals surface area contributed by atoms with Crippen molar-refractivity contribution in [3.63, 3.8) is 0 Å². The van der Waals surface area contributed by atoms with Gasteiger partial charge in [-0.2, -0.15) is 0 Å². The topological polar surface area (TPSA) is 32.8 Å². The van der Waals surface area contributed by atoms with Gasteiger partial charge in [0, 0.05) is 78.6 Å². The molecule has 2 aromatic heterocycles. The van der Waals surface area contributed by atoms with Gasteiger partial charge < -0.3 is 18.6 Å². The fourth-order valence-electron chi connectivity index (χ4n) is 15.3. The van der Waals surface area contributed by atoms with E-state index in [9.17, 15) is 0 Å². The van der Waals surface area contributed by atoms with Crippen molar-refractivity contribution in [1.29, 1.82) is 0 Å². The van der Waals surface area contributed by atoms with Gasteiger partial charge in [0.1, 0.15) is 22.3 Å². The van der Waals surface area contributed by atoms with Crippen LogP contribution in [-0.4, -0.2) is 0 Å². The summed E-state index contributed by atoms with van der Waals surface area (Å²) in [6.07, 6.45) is 0. The second kappa shape index (κ2) is 20.0. The van der Waals surface area contributed by atoms with E-state index in [4.69, 9.17) is 8.83 Å². The molecule has 0 N–H and O–H groups in total. The number of benzene rings is 14. The molecular formula is C86H58N2O2. The summed E-state index contributed by atoms with van der Waals surface area (Å²) in [6, 6.07) is 115. The van der Waals surface area contributed by atoms with Crippen molar-refractivity contribution >= 4 is 88.8 Å². The zero-order chi connectivity index (χ0) is 59.7. The minimum atomic E-state index is -0.352. The van der Waals surface area contributed by atoms with Gasteiger partial charge in [0.05, 0.1) is 0 Å². The van der Waals surface area contributed by atoms with Crippen LogP contribution in [0.1, 0.15) is 47.2 Å². The van der Waals surface area contributed by atoms with Crippen LogP contribution in [0.25, 0.3) is 99.2 Å². The average molecular weight is 1150 g/mol. The summed E-state index contributed by atoms with van der Waals surface area (Å²) in [5.74, 6) is 0. The Bertz CT molecular complexity index is 5090. The van der Waals surface area contributed by atoms with Gasteiger partial charge in [0.15, 0.2) is 0 Å². The number of fused-ring (bicyclic) bond motifs is 13. The molecule has 0 saturated carbocycles. The molecule has 424 valence electrons. The van der Waals surface area contributed by atoms with Gasteiger partial charge in [0.2, 0.25) is 0 Å². The first-order valence-electron chi connectivity index (χ1n) is 31.1. The fraction of sp³-hybridized carbons (Fsp3) is 0.0465. The molecule has 14 aromatic carbocycles. The molecule has 0 atom stereocenters. The van der Waals surface area contributed by atoms with Crippen LogP contribution in [0.2, 0.25) is 0 Å². The van der Waals surface area contributed by atoms with Crippen LogP contribution in [-0.2, 0) is 10.8 Å². The van der Waals surface area contributed by atoms with Gasteiger partial charge in [-0.15, -0.1) is 0 Å². The summed E-state index contributed by atoms with van der Waals surface area (Å²) in [6.45, 7) is 4.76. The van der Waals surface area contributed by atoms with Crippen LogP contribution in [0.4, 0.5) is 34.1 Å². The molecule has 0 aliphatic heterocycles. The van der Waals surface area contributed by atoms with Crippen LogP contribution >= 0.6 is 0 Å². The smallest absolute Gasteiger partial charge is 0.137 e. The van der Waals surface area contributed by atoms with E-state index >= 15 is 0 Å². The third-order valence-electron chi connectivity index (χ3n) is 19.8. The number of nitrogens with zero attached hydrogens (tertiary/aromatic N) is 2. The first-order valence-corrected chi connectivity index (χ1v) is 31.1. The lowest BCUT2D eigenvalue weighted by atomic mass is 9.74. The van der Waals surface area contributed by atoms with Crippen molar-refractivity contribution < 1.29 is 8.83 Å². The van der Waals surface area contributed by atoms with Gasteiger partial charge in [-0.3, -0.25) is 0 Å². The van der Waals surface area contributed by atoms with E-state index in [1.165, 1.54) is 77.9 Å². The van der Waals surface area contributed by atoms with E-state index < -0.39 is 0 Å². The Kier molecular flexibility index (Phi) is 11.5. The second-order valence-corrected chi connectivity index (χ2v) is 24.6. The molecule has 2 aliphatic rings. The predicted molar refractivity (Wildman–Crippen MR) is 374 cm³/mol. The van der Waals surface area contributed by atoms with Gasteiger partial charge >= 0.3 is 0 Å². The highest BCUT2D eigenvalue weighted by atomic mass is 16.3. The lowest BCUT2D eigenvalue weighted by molar-refractivity contribution is 0.668. The molecule has 18 rings (SSSR count). The Hall–Kier alpha value is -11.5. The molecule has 90 heavy (non-hydrogen) atoms. The number of hydrogen-bond donors (Lipinski definition) is 0. The molecule has 2 aliphatic carbocycles. The molecule has 0 spiro atoms. The summed E-state index contributed by atoms with van der Waals surface area (Å²) in [4.78, 5) is 4.74. The lowest BCUT2D eigenvalue weighted by Crippen LogP contribution is -2.23. The second-order valence-electron chi connectivity index (χ2n) is 24.6. The lowest BCUT2D eigenvalue weighted by Gasteiger charge is -2.31. The number of anilines is 6. The Labute approximate surface area is 522 Å². The molecule has 0 saturated heterocycles. The molecule has 0 amide bonds. The number of furan rings is 2. The van der Waals surface area contributed by atoms with Gasteiger partial charge in [-0.05, 0) is 200 Å².